The van der Waals surface area contributed by atoms with E-state index in [0.717, 1.165) is 37.7 Å². The molecule has 0 unspecified atom stereocenters. The molecule has 2 aliphatic rings. The number of halogens is 1. The van der Waals surface area contributed by atoms with Crippen molar-refractivity contribution in [2.24, 2.45) is 0 Å². The number of carbonyl (C=O) groups excluding carboxylic acids is 1. The molecule has 1 aliphatic heterocycles. The summed E-state index contributed by atoms with van der Waals surface area (Å²) >= 11 is 0. The van der Waals surface area contributed by atoms with Crippen LogP contribution in [-0.2, 0) is 10.2 Å². The minimum Gasteiger partial charge on any atom is -0.389 e. The van der Waals surface area contributed by atoms with E-state index in [0.29, 0.717) is 13.1 Å². The van der Waals surface area contributed by atoms with Crippen LogP contribution < -0.4 is 0 Å². The molecule has 0 radical (unpaired) electrons. The van der Waals surface area contributed by atoms with Crippen LogP contribution in [0, 0.1) is 5.82 Å². The van der Waals surface area contributed by atoms with Gasteiger partial charge in [0.25, 0.3) is 0 Å². The second-order valence-electron chi connectivity index (χ2n) is 6.02. The predicted octanol–water partition coefficient (Wildman–Crippen LogP) is 2.23. The summed E-state index contributed by atoms with van der Waals surface area (Å²) in [6.07, 6.45) is 4.29. The number of hydrogen-bond acceptors (Lipinski definition) is 2. The van der Waals surface area contributed by atoms with E-state index in [1.54, 1.807) is 11.0 Å². The van der Waals surface area contributed by atoms with Crippen LogP contribution in [-0.4, -0.2) is 35.1 Å². The lowest BCUT2D eigenvalue weighted by molar-refractivity contribution is -0.149. The third kappa shape index (κ3) is 2.22. The number of rotatable bonds is 2. The van der Waals surface area contributed by atoms with Crippen LogP contribution in [0.15, 0.2) is 24.3 Å². The van der Waals surface area contributed by atoms with E-state index in [9.17, 15) is 14.3 Å². The molecule has 108 valence electrons. The molecular weight excluding hydrogens is 257 g/mol. The Kier molecular flexibility index (Phi) is 3.50. The third-order valence-corrected chi connectivity index (χ3v) is 4.64. The number of likely N-dealkylation sites (tertiary alicyclic amines) is 1. The maximum Gasteiger partial charge on any atom is 0.233 e. The van der Waals surface area contributed by atoms with E-state index in [2.05, 4.69) is 0 Å². The van der Waals surface area contributed by atoms with Gasteiger partial charge in [-0.05, 0) is 30.5 Å². The average Bonchev–Trinajstić information content (AvgIpc) is 2.44. The summed E-state index contributed by atoms with van der Waals surface area (Å²) in [4.78, 5) is 14.6. The normalized spacial score (nSPS) is 22.4. The maximum atomic E-state index is 13.5. The van der Waals surface area contributed by atoms with Crippen molar-refractivity contribution in [1.29, 1.82) is 0 Å². The standard InChI is InChI=1S/C16H20FNO2/c17-13-6-4-5-12(9-13)16(7-2-1-3-8-16)15(20)18-10-14(19)11-18/h4-6,9,14,19H,1-3,7-8,10-11H2. The summed E-state index contributed by atoms with van der Waals surface area (Å²) in [5, 5.41) is 9.41. The zero-order valence-electron chi connectivity index (χ0n) is 11.5. The van der Waals surface area contributed by atoms with Crippen LogP contribution in [0.5, 0.6) is 0 Å². The molecule has 1 saturated heterocycles. The maximum absolute atomic E-state index is 13.5. The Hall–Kier alpha value is -1.42. The van der Waals surface area contributed by atoms with Crippen LogP contribution in [0.2, 0.25) is 0 Å². The molecule has 1 amide bonds. The van der Waals surface area contributed by atoms with Crippen molar-refractivity contribution in [3.63, 3.8) is 0 Å². The molecule has 1 heterocycles. The van der Waals surface area contributed by atoms with Crippen LogP contribution in [0.4, 0.5) is 4.39 Å². The molecule has 0 bridgehead atoms. The number of hydrogen-bond donors (Lipinski definition) is 1. The van der Waals surface area contributed by atoms with E-state index in [4.69, 9.17) is 0 Å². The van der Waals surface area contributed by atoms with Crippen LogP contribution in [0.3, 0.4) is 0 Å². The molecule has 1 N–H and O–H groups in total. The topological polar surface area (TPSA) is 40.5 Å². The second kappa shape index (κ2) is 5.17. The van der Waals surface area contributed by atoms with Crippen LogP contribution in [0.1, 0.15) is 37.7 Å². The van der Waals surface area contributed by atoms with Crippen molar-refractivity contribution in [2.45, 2.75) is 43.6 Å². The van der Waals surface area contributed by atoms with E-state index in [1.807, 2.05) is 6.07 Å². The number of carbonyl (C=O) groups is 1. The summed E-state index contributed by atoms with van der Waals surface area (Å²) in [7, 11) is 0. The zero-order valence-corrected chi connectivity index (χ0v) is 11.5. The lowest BCUT2D eigenvalue weighted by atomic mass is 9.68. The van der Waals surface area contributed by atoms with Gasteiger partial charge in [0.05, 0.1) is 11.5 Å². The molecule has 1 saturated carbocycles. The molecule has 2 fully saturated rings. The van der Waals surface area contributed by atoms with Gasteiger partial charge in [-0.25, -0.2) is 4.39 Å². The Morgan fingerprint density at radius 1 is 1.25 bits per heavy atom. The number of β-amino-alcohol motifs (C(OH)–C–C–N with tert-alkyl or cyclic N) is 1. The van der Waals surface area contributed by atoms with Crippen molar-refractivity contribution >= 4 is 5.91 Å². The van der Waals surface area contributed by atoms with Gasteiger partial charge in [0.2, 0.25) is 5.91 Å². The molecule has 4 heteroatoms. The molecule has 0 atom stereocenters. The number of aliphatic hydroxyl groups excluding tert-OH is 1. The quantitative estimate of drug-likeness (QED) is 0.900. The summed E-state index contributed by atoms with van der Waals surface area (Å²) in [6.45, 7) is 0.825. The summed E-state index contributed by atoms with van der Waals surface area (Å²) in [5.74, 6) is -0.225. The van der Waals surface area contributed by atoms with E-state index >= 15 is 0 Å². The van der Waals surface area contributed by atoms with Gasteiger partial charge in [0.1, 0.15) is 5.82 Å². The van der Waals surface area contributed by atoms with E-state index in [1.165, 1.54) is 12.1 Å². The summed E-state index contributed by atoms with van der Waals surface area (Å²) < 4.78 is 13.5. The molecule has 20 heavy (non-hydrogen) atoms. The summed E-state index contributed by atoms with van der Waals surface area (Å²) in [5.41, 5.74) is 0.212. The van der Waals surface area contributed by atoms with Gasteiger partial charge in [-0.1, -0.05) is 31.4 Å². The molecular formula is C16H20FNO2. The predicted molar refractivity (Wildman–Crippen MR) is 73.7 cm³/mol. The number of aliphatic hydroxyl groups is 1. The van der Waals surface area contributed by atoms with Crippen molar-refractivity contribution in [3.05, 3.63) is 35.6 Å². The van der Waals surface area contributed by atoms with Gasteiger partial charge < -0.3 is 10.0 Å². The summed E-state index contributed by atoms with van der Waals surface area (Å²) in [6, 6.07) is 6.46. The molecule has 3 nitrogen and oxygen atoms in total. The Morgan fingerprint density at radius 3 is 2.55 bits per heavy atom. The van der Waals surface area contributed by atoms with Crippen molar-refractivity contribution in [3.8, 4) is 0 Å². The fraction of sp³-hybridized carbons (Fsp3) is 0.562. The molecule has 0 spiro atoms. The largest absolute Gasteiger partial charge is 0.389 e. The van der Waals surface area contributed by atoms with Crippen molar-refractivity contribution in [1.82, 2.24) is 4.90 Å². The van der Waals surface area contributed by atoms with Crippen LogP contribution >= 0.6 is 0 Å². The third-order valence-electron chi connectivity index (χ3n) is 4.64. The zero-order chi connectivity index (χ0) is 14.2. The molecule has 1 aromatic carbocycles. The first-order chi connectivity index (χ1) is 9.62. The fourth-order valence-corrected chi connectivity index (χ4v) is 3.49. The number of nitrogens with zero attached hydrogens (tertiary/aromatic N) is 1. The number of amides is 1. The SMILES string of the molecule is O=C(N1CC(O)C1)C1(c2cccc(F)c2)CCCCC1. The lowest BCUT2D eigenvalue weighted by Gasteiger charge is -2.45. The molecule has 0 aromatic heterocycles. The Balaban J connectivity index is 1.94. The highest BCUT2D eigenvalue weighted by atomic mass is 19.1. The van der Waals surface area contributed by atoms with Crippen molar-refractivity contribution in [2.75, 3.05) is 13.1 Å². The molecule has 1 aromatic rings. The van der Waals surface area contributed by atoms with Crippen molar-refractivity contribution < 1.29 is 14.3 Å². The molecule has 3 rings (SSSR count). The van der Waals surface area contributed by atoms with Gasteiger partial charge in [0.15, 0.2) is 0 Å². The van der Waals surface area contributed by atoms with Gasteiger partial charge in [-0.15, -0.1) is 0 Å². The van der Waals surface area contributed by atoms with E-state index < -0.39 is 11.5 Å². The van der Waals surface area contributed by atoms with Gasteiger partial charge in [-0.3, -0.25) is 4.79 Å². The van der Waals surface area contributed by atoms with Gasteiger partial charge >= 0.3 is 0 Å². The molecule has 1 aliphatic carbocycles. The smallest absolute Gasteiger partial charge is 0.233 e. The van der Waals surface area contributed by atoms with E-state index in [-0.39, 0.29) is 11.7 Å². The van der Waals surface area contributed by atoms with Crippen LogP contribution in [0.25, 0.3) is 0 Å². The Bertz CT molecular complexity index is 505. The second-order valence-corrected chi connectivity index (χ2v) is 6.02. The lowest BCUT2D eigenvalue weighted by Crippen LogP contribution is -2.59. The minimum absolute atomic E-state index is 0.0631. The Morgan fingerprint density at radius 2 is 1.95 bits per heavy atom. The number of benzene rings is 1. The first-order valence-electron chi connectivity index (χ1n) is 7.35. The highest BCUT2D eigenvalue weighted by Crippen LogP contribution is 2.42. The first-order valence-corrected chi connectivity index (χ1v) is 7.35. The highest BCUT2D eigenvalue weighted by Gasteiger charge is 2.46. The monoisotopic (exact) mass is 277 g/mol. The van der Waals surface area contributed by atoms with Gasteiger partial charge in [-0.2, -0.15) is 0 Å². The Labute approximate surface area is 118 Å². The average molecular weight is 277 g/mol. The fourth-order valence-electron chi connectivity index (χ4n) is 3.49. The highest BCUT2D eigenvalue weighted by molar-refractivity contribution is 5.89. The first kappa shape index (κ1) is 13.6. The van der Waals surface area contributed by atoms with Gasteiger partial charge in [0, 0.05) is 13.1 Å². The minimum atomic E-state index is -0.583.